The average molecular weight is 298 g/mol. The third-order valence-corrected chi connectivity index (χ3v) is 3.14. The van der Waals surface area contributed by atoms with Gasteiger partial charge < -0.3 is 23.4 Å². The van der Waals surface area contributed by atoms with Crippen molar-refractivity contribution in [3.63, 3.8) is 0 Å². The molecule has 1 saturated heterocycles. The molecule has 2 rings (SSSR count). The van der Waals surface area contributed by atoms with Gasteiger partial charge in [-0.05, 0) is 25.0 Å². The maximum atomic E-state index is 11.8. The summed E-state index contributed by atoms with van der Waals surface area (Å²) in [6.07, 6.45) is 1.60. The van der Waals surface area contributed by atoms with Gasteiger partial charge in [0.05, 0.1) is 25.9 Å². The highest BCUT2D eigenvalue weighted by atomic mass is 16.6. The molecule has 1 fully saturated rings. The van der Waals surface area contributed by atoms with Gasteiger partial charge in [0, 0.05) is 7.11 Å². The summed E-state index contributed by atoms with van der Waals surface area (Å²) < 4.78 is 25.3. The fourth-order valence-corrected chi connectivity index (χ4v) is 2.11. The van der Waals surface area contributed by atoms with E-state index in [9.17, 15) is 9.59 Å². The van der Waals surface area contributed by atoms with Crippen LogP contribution in [0.1, 0.15) is 34.0 Å². The summed E-state index contributed by atoms with van der Waals surface area (Å²) in [7, 11) is 2.85. The van der Waals surface area contributed by atoms with Crippen molar-refractivity contribution in [3.8, 4) is 0 Å². The minimum absolute atomic E-state index is 0.0400. The zero-order chi connectivity index (χ0) is 15.2. The molecule has 0 amide bonds. The van der Waals surface area contributed by atoms with Crippen molar-refractivity contribution in [2.24, 2.45) is 0 Å². The van der Waals surface area contributed by atoms with E-state index in [0.29, 0.717) is 6.61 Å². The van der Waals surface area contributed by atoms with E-state index in [0.717, 1.165) is 12.8 Å². The summed E-state index contributed by atoms with van der Waals surface area (Å²) >= 11 is 0. The Balaban J connectivity index is 1.80. The number of hydrogen-bond acceptors (Lipinski definition) is 7. The normalized spacial score (nSPS) is 21.2. The Labute approximate surface area is 122 Å². The molecule has 0 radical (unpaired) electrons. The van der Waals surface area contributed by atoms with Gasteiger partial charge >= 0.3 is 11.9 Å². The highest BCUT2D eigenvalue weighted by molar-refractivity contribution is 5.90. The van der Waals surface area contributed by atoms with Crippen LogP contribution in [0, 0.1) is 0 Å². The van der Waals surface area contributed by atoms with Crippen molar-refractivity contribution in [3.05, 3.63) is 23.7 Å². The van der Waals surface area contributed by atoms with Gasteiger partial charge in [0.1, 0.15) is 6.61 Å². The van der Waals surface area contributed by atoms with Crippen LogP contribution in [-0.4, -0.2) is 51.6 Å². The van der Waals surface area contributed by atoms with Gasteiger partial charge in [-0.15, -0.1) is 0 Å². The molecule has 1 aromatic rings. The Bertz CT molecular complexity index is 493. The van der Waals surface area contributed by atoms with Crippen LogP contribution in [0.3, 0.4) is 0 Å². The molecule has 2 unspecified atom stereocenters. The van der Waals surface area contributed by atoms with E-state index < -0.39 is 11.9 Å². The van der Waals surface area contributed by atoms with E-state index in [1.165, 1.54) is 19.2 Å². The lowest BCUT2D eigenvalue weighted by atomic mass is 10.2. The summed E-state index contributed by atoms with van der Waals surface area (Å²) in [5.74, 6) is -1.36. The molecule has 7 nitrogen and oxygen atoms in total. The van der Waals surface area contributed by atoms with Crippen LogP contribution in [0.15, 0.2) is 16.5 Å². The van der Waals surface area contributed by atoms with Gasteiger partial charge in [0.2, 0.25) is 11.5 Å². The minimum Gasteiger partial charge on any atom is -0.463 e. The summed E-state index contributed by atoms with van der Waals surface area (Å²) in [5, 5.41) is 0. The van der Waals surface area contributed by atoms with Gasteiger partial charge in [-0.25, -0.2) is 9.59 Å². The second-order valence-electron chi connectivity index (χ2n) is 4.67. The first-order chi connectivity index (χ1) is 10.1. The van der Waals surface area contributed by atoms with Crippen molar-refractivity contribution >= 4 is 11.9 Å². The first-order valence-corrected chi connectivity index (χ1v) is 6.63. The third-order valence-electron chi connectivity index (χ3n) is 3.14. The van der Waals surface area contributed by atoms with Crippen LogP contribution in [0.2, 0.25) is 0 Å². The fourth-order valence-electron chi connectivity index (χ4n) is 2.11. The zero-order valence-corrected chi connectivity index (χ0v) is 12.0. The molecule has 2 atom stereocenters. The summed E-state index contributed by atoms with van der Waals surface area (Å²) in [6.45, 7) is 0.679. The number of carbonyl (C=O) groups is 2. The molecule has 0 saturated carbocycles. The number of ether oxygens (including phenoxy) is 4. The number of furan rings is 1. The SMILES string of the molecule is COCC1CCC(COC(=O)c2ccc(C(=O)OC)o2)O1. The molecule has 0 bridgehead atoms. The topological polar surface area (TPSA) is 84.2 Å². The van der Waals surface area contributed by atoms with Crippen molar-refractivity contribution < 1.29 is 33.0 Å². The molecule has 21 heavy (non-hydrogen) atoms. The molecule has 1 aliphatic rings. The predicted molar refractivity (Wildman–Crippen MR) is 70.1 cm³/mol. The van der Waals surface area contributed by atoms with Gasteiger partial charge in [-0.1, -0.05) is 0 Å². The number of hydrogen-bond donors (Lipinski definition) is 0. The second-order valence-corrected chi connectivity index (χ2v) is 4.67. The van der Waals surface area contributed by atoms with Gasteiger partial charge in [-0.3, -0.25) is 0 Å². The zero-order valence-electron chi connectivity index (χ0n) is 12.0. The Hall–Kier alpha value is -1.86. The van der Waals surface area contributed by atoms with E-state index in [4.69, 9.17) is 18.6 Å². The van der Waals surface area contributed by atoms with Crippen LogP contribution >= 0.6 is 0 Å². The number of rotatable bonds is 6. The maximum absolute atomic E-state index is 11.8. The number of esters is 2. The molecule has 0 aliphatic carbocycles. The number of methoxy groups -OCH3 is 2. The molecule has 0 aromatic carbocycles. The molecule has 1 aliphatic heterocycles. The van der Waals surface area contributed by atoms with Crippen LogP contribution in [-0.2, 0) is 18.9 Å². The Morgan fingerprint density at radius 1 is 1.10 bits per heavy atom. The molecule has 116 valence electrons. The largest absolute Gasteiger partial charge is 0.463 e. The highest BCUT2D eigenvalue weighted by Gasteiger charge is 2.27. The molecule has 7 heteroatoms. The number of carbonyl (C=O) groups excluding carboxylic acids is 2. The Kier molecular flexibility index (Phi) is 5.35. The predicted octanol–water partition coefficient (Wildman–Crippen LogP) is 1.42. The maximum Gasteiger partial charge on any atom is 0.374 e. The molecular weight excluding hydrogens is 280 g/mol. The van der Waals surface area contributed by atoms with Gasteiger partial charge in [0.15, 0.2) is 0 Å². The van der Waals surface area contributed by atoms with Crippen molar-refractivity contribution in [2.75, 3.05) is 27.4 Å². The Morgan fingerprint density at radius 3 is 2.33 bits per heavy atom. The molecule has 2 heterocycles. The minimum atomic E-state index is -0.643. The highest BCUT2D eigenvalue weighted by Crippen LogP contribution is 2.20. The van der Waals surface area contributed by atoms with Crippen molar-refractivity contribution in [1.29, 1.82) is 0 Å². The van der Waals surface area contributed by atoms with Crippen molar-refractivity contribution in [2.45, 2.75) is 25.0 Å². The van der Waals surface area contributed by atoms with E-state index >= 15 is 0 Å². The lowest BCUT2D eigenvalue weighted by Gasteiger charge is -2.12. The molecule has 0 spiro atoms. The molecular formula is C14H18O7. The summed E-state index contributed by atoms with van der Waals surface area (Å²) in [6, 6.07) is 2.74. The lowest BCUT2D eigenvalue weighted by Crippen LogP contribution is -2.21. The Morgan fingerprint density at radius 2 is 1.71 bits per heavy atom. The molecule has 0 N–H and O–H groups in total. The van der Waals surface area contributed by atoms with Gasteiger partial charge in [-0.2, -0.15) is 0 Å². The van der Waals surface area contributed by atoms with E-state index in [2.05, 4.69) is 4.74 Å². The summed E-state index contributed by atoms with van der Waals surface area (Å²) in [4.78, 5) is 23.0. The van der Waals surface area contributed by atoms with E-state index in [1.54, 1.807) is 7.11 Å². The first-order valence-electron chi connectivity index (χ1n) is 6.63. The first kappa shape index (κ1) is 15.5. The van der Waals surface area contributed by atoms with E-state index in [1.807, 2.05) is 0 Å². The van der Waals surface area contributed by atoms with Crippen molar-refractivity contribution in [1.82, 2.24) is 0 Å². The average Bonchev–Trinajstić information content (AvgIpc) is 3.13. The third kappa shape index (κ3) is 4.05. The van der Waals surface area contributed by atoms with Crippen LogP contribution in [0.4, 0.5) is 0 Å². The van der Waals surface area contributed by atoms with E-state index in [-0.39, 0.29) is 30.3 Å². The van der Waals surface area contributed by atoms with Crippen LogP contribution in [0.5, 0.6) is 0 Å². The monoisotopic (exact) mass is 298 g/mol. The quantitative estimate of drug-likeness (QED) is 0.734. The molecule has 1 aromatic heterocycles. The smallest absolute Gasteiger partial charge is 0.374 e. The fraction of sp³-hybridized carbons (Fsp3) is 0.571. The lowest BCUT2D eigenvalue weighted by molar-refractivity contribution is -0.0310. The van der Waals surface area contributed by atoms with Crippen LogP contribution in [0.25, 0.3) is 0 Å². The van der Waals surface area contributed by atoms with Gasteiger partial charge in [0.25, 0.3) is 0 Å². The standard InChI is InChI=1S/C14H18O7/c1-17-7-9-3-4-10(20-9)8-19-14(16)12-6-5-11(21-12)13(15)18-2/h5-6,9-10H,3-4,7-8H2,1-2H3. The summed E-state index contributed by atoms with van der Waals surface area (Å²) in [5.41, 5.74) is 0. The second kappa shape index (κ2) is 7.24. The van der Waals surface area contributed by atoms with Crippen LogP contribution < -0.4 is 0 Å².